The molecule has 2 aromatic rings. The van der Waals surface area contributed by atoms with Crippen molar-refractivity contribution in [1.82, 2.24) is 9.21 Å². The summed E-state index contributed by atoms with van der Waals surface area (Å²) in [5, 5.41) is 0. The number of ether oxygens (including phenoxy) is 1. The highest BCUT2D eigenvalue weighted by molar-refractivity contribution is 7.89. The van der Waals surface area contributed by atoms with Crippen LogP contribution in [0.1, 0.15) is 54.1 Å². The van der Waals surface area contributed by atoms with Gasteiger partial charge in [0.1, 0.15) is 16.5 Å². The predicted octanol–water partition coefficient (Wildman–Crippen LogP) is 3.99. The summed E-state index contributed by atoms with van der Waals surface area (Å²) in [5.41, 5.74) is 1.19. The van der Waals surface area contributed by atoms with Crippen molar-refractivity contribution in [1.29, 1.82) is 0 Å². The lowest BCUT2D eigenvalue weighted by atomic mass is 10.0. The molecule has 31 heavy (non-hydrogen) atoms. The summed E-state index contributed by atoms with van der Waals surface area (Å²) < 4.78 is 47.1. The molecule has 1 atom stereocenters. The number of sulfonamides is 1. The monoisotopic (exact) mass is 446 g/mol. The van der Waals surface area contributed by atoms with Gasteiger partial charge in [-0.2, -0.15) is 4.31 Å². The van der Waals surface area contributed by atoms with Crippen LogP contribution in [0.4, 0.5) is 4.39 Å². The highest BCUT2D eigenvalue weighted by atomic mass is 32.2. The van der Waals surface area contributed by atoms with Crippen LogP contribution in [-0.2, 0) is 10.0 Å². The van der Waals surface area contributed by atoms with Gasteiger partial charge in [0.05, 0.1) is 13.2 Å². The van der Waals surface area contributed by atoms with E-state index in [-0.39, 0.29) is 17.5 Å². The molecule has 166 valence electrons. The van der Waals surface area contributed by atoms with Crippen molar-refractivity contribution >= 4 is 15.9 Å². The topological polar surface area (TPSA) is 66.9 Å². The number of halogens is 1. The lowest BCUT2D eigenvalue weighted by Gasteiger charge is -2.27. The van der Waals surface area contributed by atoms with E-state index in [0.717, 1.165) is 49.5 Å². The normalized spacial score (nSPS) is 20.1. The maximum Gasteiger partial charge on any atom is 0.254 e. The van der Waals surface area contributed by atoms with E-state index in [0.29, 0.717) is 19.6 Å². The molecule has 0 saturated carbocycles. The first kappa shape index (κ1) is 21.8. The van der Waals surface area contributed by atoms with E-state index in [1.807, 2.05) is 24.3 Å². The van der Waals surface area contributed by atoms with Crippen molar-refractivity contribution in [2.75, 3.05) is 26.7 Å². The summed E-state index contributed by atoms with van der Waals surface area (Å²) in [6.45, 7) is 1.33. The fourth-order valence-electron chi connectivity index (χ4n) is 4.43. The van der Waals surface area contributed by atoms with E-state index in [4.69, 9.17) is 4.74 Å². The van der Waals surface area contributed by atoms with Crippen molar-refractivity contribution in [2.45, 2.75) is 43.0 Å². The molecule has 4 rings (SSSR count). The summed E-state index contributed by atoms with van der Waals surface area (Å²) in [6.07, 6.45) is 4.16. The number of carbonyl (C=O) groups excluding carboxylic acids is 1. The van der Waals surface area contributed by atoms with Crippen LogP contribution >= 0.6 is 0 Å². The first-order chi connectivity index (χ1) is 14.9. The standard InChI is InChI=1S/C23H27FN2O4S/c1-30-19-10-7-17(8-11-19)21-6-5-15-26(21)23(27)18-9-12-20(24)22(16-18)31(28,29)25-13-3-2-4-14-25/h7-12,16,21H,2-6,13-15H2,1H3. The highest BCUT2D eigenvalue weighted by Gasteiger charge is 2.33. The Bertz CT molecular complexity index is 1050. The lowest BCUT2D eigenvalue weighted by molar-refractivity contribution is 0.0735. The van der Waals surface area contributed by atoms with E-state index in [1.54, 1.807) is 12.0 Å². The zero-order chi connectivity index (χ0) is 22.0. The molecule has 2 fully saturated rings. The van der Waals surface area contributed by atoms with Crippen molar-refractivity contribution < 1.29 is 22.3 Å². The van der Waals surface area contributed by atoms with Gasteiger partial charge in [-0.25, -0.2) is 12.8 Å². The minimum atomic E-state index is -3.97. The third kappa shape index (κ3) is 4.32. The maximum absolute atomic E-state index is 14.5. The average molecular weight is 447 g/mol. The summed E-state index contributed by atoms with van der Waals surface area (Å²) in [6, 6.07) is 11.1. The number of likely N-dealkylation sites (tertiary alicyclic amines) is 1. The molecule has 0 bridgehead atoms. The van der Waals surface area contributed by atoms with E-state index >= 15 is 0 Å². The Morgan fingerprint density at radius 1 is 1.00 bits per heavy atom. The summed E-state index contributed by atoms with van der Waals surface area (Å²) in [5.74, 6) is -0.366. The Labute approximate surface area is 182 Å². The lowest BCUT2D eigenvalue weighted by Crippen LogP contribution is -2.36. The summed E-state index contributed by atoms with van der Waals surface area (Å²) >= 11 is 0. The van der Waals surface area contributed by atoms with Crippen LogP contribution in [0, 0.1) is 5.82 Å². The minimum Gasteiger partial charge on any atom is -0.497 e. The van der Waals surface area contributed by atoms with Crippen molar-refractivity contribution in [2.24, 2.45) is 0 Å². The van der Waals surface area contributed by atoms with E-state index in [1.165, 1.54) is 16.4 Å². The van der Waals surface area contributed by atoms with Crippen LogP contribution in [0.3, 0.4) is 0 Å². The van der Waals surface area contributed by atoms with Gasteiger partial charge in [-0.05, 0) is 61.6 Å². The van der Waals surface area contributed by atoms with Gasteiger partial charge in [-0.3, -0.25) is 4.79 Å². The van der Waals surface area contributed by atoms with E-state index in [9.17, 15) is 17.6 Å². The molecule has 8 heteroatoms. The Balaban J connectivity index is 1.61. The smallest absolute Gasteiger partial charge is 0.254 e. The number of methoxy groups -OCH3 is 1. The Kier molecular flexibility index (Phi) is 6.29. The second-order valence-corrected chi connectivity index (χ2v) is 9.95. The number of rotatable bonds is 5. The number of hydrogen-bond acceptors (Lipinski definition) is 4. The molecule has 1 unspecified atom stereocenters. The number of amides is 1. The van der Waals surface area contributed by atoms with Gasteiger partial charge in [0.25, 0.3) is 5.91 Å². The molecule has 2 aromatic carbocycles. The number of nitrogens with zero attached hydrogens (tertiary/aromatic N) is 2. The van der Waals surface area contributed by atoms with Crippen molar-refractivity contribution in [3.63, 3.8) is 0 Å². The Morgan fingerprint density at radius 3 is 2.39 bits per heavy atom. The molecule has 2 heterocycles. The van der Waals surface area contributed by atoms with E-state index in [2.05, 4.69) is 0 Å². The van der Waals surface area contributed by atoms with Crippen LogP contribution in [0.2, 0.25) is 0 Å². The maximum atomic E-state index is 14.5. The zero-order valence-electron chi connectivity index (χ0n) is 17.6. The molecule has 0 N–H and O–H groups in total. The largest absolute Gasteiger partial charge is 0.497 e. The number of hydrogen-bond donors (Lipinski definition) is 0. The molecule has 0 aliphatic carbocycles. The molecule has 2 saturated heterocycles. The molecule has 1 amide bonds. The van der Waals surface area contributed by atoms with Crippen molar-refractivity contribution in [3.8, 4) is 5.75 Å². The van der Waals surface area contributed by atoms with Crippen LogP contribution < -0.4 is 4.74 Å². The molecular weight excluding hydrogens is 419 g/mol. The minimum absolute atomic E-state index is 0.106. The third-order valence-corrected chi connectivity index (χ3v) is 8.04. The average Bonchev–Trinajstić information content (AvgIpc) is 3.29. The zero-order valence-corrected chi connectivity index (χ0v) is 18.4. The van der Waals surface area contributed by atoms with Gasteiger partial charge in [0, 0.05) is 25.2 Å². The molecule has 0 aromatic heterocycles. The molecule has 2 aliphatic rings. The number of benzene rings is 2. The first-order valence-electron chi connectivity index (χ1n) is 10.7. The number of carbonyl (C=O) groups is 1. The Hall–Kier alpha value is -2.45. The molecular formula is C23H27FN2O4S. The highest BCUT2D eigenvalue weighted by Crippen LogP contribution is 2.34. The van der Waals surface area contributed by atoms with Gasteiger partial charge in [0.2, 0.25) is 10.0 Å². The van der Waals surface area contributed by atoms with Crippen LogP contribution in [-0.4, -0.2) is 50.3 Å². The molecule has 2 aliphatic heterocycles. The quantitative estimate of drug-likeness (QED) is 0.697. The SMILES string of the molecule is COc1ccc(C2CCCN2C(=O)c2ccc(F)c(S(=O)(=O)N3CCCCC3)c2)cc1. The van der Waals surface area contributed by atoms with Crippen molar-refractivity contribution in [3.05, 3.63) is 59.4 Å². The van der Waals surface area contributed by atoms with Gasteiger partial charge >= 0.3 is 0 Å². The summed E-state index contributed by atoms with van der Waals surface area (Å²) in [7, 11) is -2.37. The van der Waals surface area contributed by atoms with Gasteiger partial charge < -0.3 is 9.64 Å². The predicted molar refractivity (Wildman–Crippen MR) is 115 cm³/mol. The molecule has 0 spiro atoms. The van der Waals surface area contributed by atoms with Gasteiger partial charge in [0.15, 0.2) is 0 Å². The second-order valence-electron chi connectivity index (χ2n) is 8.04. The fourth-order valence-corrected chi connectivity index (χ4v) is 6.03. The molecule has 6 nitrogen and oxygen atoms in total. The van der Waals surface area contributed by atoms with Gasteiger partial charge in [-0.15, -0.1) is 0 Å². The first-order valence-corrected chi connectivity index (χ1v) is 12.1. The third-order valence-electron chi connectivity index (χ3n) is 6.13. The van der Waals surface area contributed by atoms with Gasteiger partial charge in [-0.1, -0.05) is 18.6 Å². The fraction of sp³-hybridized carbons (Fsp3) is 0.435. The molecule has 0 radical (unpaired) electrons. The summed E-state index contributed by atoms with van der Waals surface area (Å²) in [4.78, 5) is 14.6. The number of piperidine rings is 1. The second kappa shape index (κ2) is 8.96. The Morgan fingerprint density at radius 2 is 1.71 bits per heavy atom. The van der Waals surface area contributed by atoms with Crippen LogP contribution in [0.25, 0.3) is 0 Å². The van der Waals surface area contributed by atoms with Crippen LogP contribution in [0.15, 0.2) is 47.4 Å². The van der Waals surface area contributed by atoms with Crippen LogP contribution in [0.5, 0.6) is 5.75 Å². The van der Waals surface area contributed by atoms with E-state index < -0.39 is 20.7 Å².